The molecule has 3 aliphatic carbocycles. The molecule has 4 aliphatic rings. The van der Waals surface area contributed by atoms with E-state index in [2.05, 4.69) is 24.5 Å². The number of urea groups is 1. The van der Waals surface area contributed by atoms with Crippen molar-refractivity contribution in [1.29, 1.82) is 0 Å². The van der Waals surface area contributed by atoms with Crippen LogP contribution in [0.5, 0.6) is 0 Å². The predicted molar refractivity (Wildman–Crippen MR) is 176 cm³/mol. The van der Waals surface area contributed by atoms with Crippen molar-refractivity contribution in [2.24, 2.45) is 40.2 Å². The van der Waals surface area contributed by atoms with Crippen molar-refractivity contribution in [3.05, 3.63) is 22.4 Å². The Kier molecular flexibility index (Phi) is 9.93. The summed E-state index contributed by atoms with van der Waals surface area (Å²) in [4.78, 5) is 81.5. The van der Waals surface area contributed by atoms with Crippen LogP contribution in [0.25, 0.3) is 0 Å². The molecule has 0 aromatic carbocycles. The van der Waals surface area contributed by atoms with Crippen molar-refractivity contribution >= 4 is 46.7 Å². The zero-order chi connectivity index (χ0) is 34.3. The number of esters is 1. The van der Waals surface area contributed by atoms with Crippen molar-refractivity contribution < 1.29 is 33.5 Å². The molecule has 1 aliphatic heterocycles. The normalized spacial score (nSPS) is 25.6. The highest BCUT2D eigenvalue weighted by Crippen LogP contribution is 2.65. The molecule has 12 heteroatoms. The second-order valence-corrected chi connectivity index (χ2v) is 16.7. The molecule has 0 bridgehead atoms. The Balaban J connectivity index is 1.32. The Hall–Kier alpha value is -3.28. The summed E-state index contributed by atoms with van der Waals surface area (Å²) in [5.41, 5.74) is 4.13. The van der Waals surface area contributed by atoms with Crippen molar-refractivity contribution in [3.63, 3.8) is 0 Å². The molecule has 1 unspecified atom stereocenters. The molecule has 4 amide bonds. The van der Waals surface area contributed by atoms with Crippen molar-refractivity contribution in [3.8, 4) is 0 Å². The number of hydrogen-bond acceptors (Lipinski definition) is 8. The minimum Gasteiger partial charge on any atom is -0.459 e. The van der Waals surface area contributed by atoms with Crippen LogP contribution < -0.4 is 16.4 Å². The largest absolute Gasteiger partial charge is 0.459 e. The number of carbonyl (C=O) groups excluding carboxylic acids is 6. The third-order valence-corrected chi connectivity index (χ3v) is 11.7. The Labute approximate surface area is 281 Å². The van der Waals surface area contributed by atoms with Crippen LogP contribution in [0.4, 0.5) is 4.79 Å². The van der Waals surface area contributed by atoms with Gasteiger partial charge in [-0.1, -0.05) is 66.7 Å². The summed E-state index contributed by atoms with van der Waals surface area (Å²) in [6.07, 6.45) is 5.53. The van der Waals surface area contributed by atoms with Crippen LogP contribution in [-0.4, -0.2) is 64.4 Å². The van der Waals surface area contributed by atoms with Gasteiger partial charge in [0.15, 0.2) is 5.78 Å². The summed E-state index contributed by atoms with van der Waals surface area (Å²) >= 11 is 1.51. The summed E-state index contributed by atoms with van der Waals surface area (Å²) in [5.74, 6) is -3.36. The standard InChI is InChI=1S/C35H50N4O7S/c1-33(2,3)28(37-32(45)38-35(12-7-6-8-13-35)31(44)46-18-21-11-14-47-19-21)30(43)39-17-23-25(34(23,4)5)26(39)24(40)16-22(15-20-9-10-20)27(41)29(36)42/h11,14,19-20,22-23,25-26,28H,6-10,12-13,15-18H2,1-5H3,(H2,36,42)(H2,37,38,45)/t22?,23-,25-,26+,28+/m0/s1. The number of primary amides is 1. The molecule has 4 N–H and O–H groups in total. The van der Waals surface area contributed by atoms with Crippen LogP contribution in [-0.2, 0) is 35.3 Å². The number of nitrogens with two attached hydrogens (primary N) is 1. The number of fused-ring (bicyclic) bond motifs is 1. The second kappa shape index (κ2) is 13.3. The molecular formula is C35H50N4O7S. The van der Waals surface area contributed by atoms with Gasteiger partial charge in [-0.05, 0) is 64.7 Å². The monoisotopic (exact) mass is 670 g/mol. The van der Waals surface area contributed by atoms with E-state index in [4.69, 9.17) is 10.5 Å². The summed E-state index contributed by atoms with van der Waals surface area (Å²) in [6, 6.07) is -0.529. The minimum atomic E-state index is -1.20. The molecule has 2 heterocycles. The second-order valence-electron chi connectivity index (χ2n) is 15.9. The molecule has 1 saturated heterocycles. The number of piperidine rings is 1. The molecule has 0 spiro atoms. The lowest BCUT2D eigenvalue weighted by molar-refractivity contribution is -0.154. The van der Waals surface area contributed by atoms with Gasteiger partial charge >= 0.3 is 12.0 Å². The van der Waals surface area contributed by atoms with Gasteiger partial charge in [-0.3, -0.25) is 19.2 Å². The summed E-state index contributed by atoms with van der Waals surface area (Å²) in [7, 11) is 0. The van der Waals surface area contributed by atoms with Gasteiger partial charge in [0.2, 0.25) is 11.7 Å². The fourth-order valence-electron chi connectivity index (χ4n) is 7.88. The number of amides is 4. The molecule has 5 rings (SSSR count). The Morgan fingerprint density at radius 3 is 2.34 bits per heavy atom. The van der Waals surface area contributed by atoms with Gasteiger partial charge < -0.3 is 26.0 Å². The van der Waals surface area contributed by atoms with E-state index in [1.54, 1.807) is 4.90 Å². The van der Waals surface area contributed by atoms with Gasteiger partial charge in [0.05, 0.1) is 6.04 Å². The molecule has 1 aromatic heterocycles. The molecule has 258 valence electrons. The zero-order valence-corrected chi connectivity index (χ0v) is 29.1. The Morgan fingerprint density at radius 2 is 1.77 bits per heavy atom. The van der Waals surface area contributed by atoms with Gasteiger partial charge in [-0.15, -0.1) is 0 Å². The van der Waals surface area contributed by atoms with Crippen LogP contribution in [0.15, 0.2) is 16.8 Å². The molecule has 5 atom stereocenters. The van der Waals surface area contributed by atoms with E-state index >= 15 is 0 Å². The first kappa shape index (κ1) is 35.0. The fraction of sp³-hybridized carbons (Fsp3) is 0.714. The van der Waals surface area contributed by atoms with E-state index in [1.807, 2.05) is 37.6 Å². The maximum atomic E-state index is 14.4. The van der Waals surface area contributed by atoms with Crippen molar-refractivity contribution in [2.45, 2.75) is 117 Å². The average Bonchev–Trinajstić information content (AvgIpc) is 3.71. The number of ketones is 2. The number of carbonyl (C=O) groups is 6. The highest BCUT2D eigenvalue weighted by molar-refractivity contribution is 7.07. The van der Waals surface area contributed by atoms with E-state index in [1.165, 1.54) is 11.3 Å². The third-order valence-electron chi connectivity index (χ3n) is 11.0. The van der Waals surface area contributed by atoms with E-state index < -0.39 is 52.6 Å². The maximum absolute atomic E-state index is 14.4. The van der Waals surface area contributed by atoms with Gasteiger partial charge in [-0.2, -0.15) is 11.3 Å². The summed E-state index contributed by atoms with van der Waals surface area (Å²) < 4.78 is 5.66. The number of rotatable bonds is 13. The zero-order valence-electron chi connectivity index (χ0n) is 28.3. The van der Waals surface area contributed by atoms with Gasteiger partial charge in [-0.25, -0.2) is 9.59 Å². The van der Waals surface area contributed by atoms with Gasteiger partial charge in [0.1, 0.15) is 18.2 Å². The van der Waals surface area contributed by atoms with E-state index in [0.29, 0.717) is 31.7 Å². The molecule has 1 aromatic rings. The fourth-order valence-corrected chi connectivity index (χ4v) is 8.54. The maximum Gasteiger partial charge on any atom is 0.332 e. The molecule has 0 radical (unpaired) electrons. The van der Waals surface area contributed by atoms with Gasteiger partial charge in [0, 0.05) is 24.4 Å². The van der Waals surface area contributed by atoms with E-state index in [0.717, 1.165) is 37.7 Å². The first-order valence-corrected chi connectivity index (χ1v) is 17.9. The van der Waals surface area contributed by atoms with Crippen LogP contribution in [0.1, 0.15) is 98.0 Å². The topological polar surface area (TPSA) is 165 Å². The molecular weight excluding hydrogens is 620 g/mol. The molecule has 3 saturated carbocycles. The number of nitrogens with zero attached hydrogens (tertiary/aromatic N) is 1. The molecule has 4 fully saturated rings. The summed E-state index contributed by atoms with van der Waals surface area (Å²) in [5, 5.41) is 9.60. The first-order valence-electron chi connectivity index (χ1n) is 17.0. The highest BCUT2D eigenvalue weighted by atomic mass is 32.1. The van der Waals surface area contributed by atoms with Crippen LogP contribution in [0.2, 0.25) is 0 Å². The van der Waals surface area contributed by atoms with Crippen LogP contribution in [0, 0.1) is 34.5 Å². The van der Waals surface area contributed by atoms with E-state index in [9.17, 15) is 28.8 Å². The Morgan fingerprint density at radius 1 is 1.09 bits per heavy atom. The van der Waals surface area contributed by atoms with Crippen LogP contribution >= 0.6 is 11.3 Å². The quantitative estimate of drug-likeness (QED) is 0.210. The number of likely N-dealkylation sites (tertiary alicyclic amines) is 1. The number of ether oxygens (including phenoxy) is 1. The minimum absolute atomic E-state index is 0.0813. The number of thiophene rings is 1. The van der Waals surface area contributed by atoms with E-state index in [-0.39, 0.29) is 42.0 Å². The third kappa shape index (κ3) is 7.57. The highest BCUT2D eigenvalue weighted by Gasteiger charge is 2.69. The number of nitrogens with one attached hydrogen (secondary N) is 2. The molecule has 11 nitrogen and oxygen atoms in total. The average molecular weight is 671 g/mol. The van der Waals surface area contributed by atoms with Crippen molar-refractivity contribution in [2.75, 3.05) is 6.54 Å². The number of Topliss-reactive ketones (excluding diaryl/α,β-unsaturated/α-hetero) is 2. The molecule has 47 heavy (non-hydrogen) atoms. The number of hydrogen-bond donors (Lipinski definition) is 3. The van der Waals surface area contributed by atoms with Crippen LogP contribution in [0.3, 0.4) is 0 Å². The first-order chi connectivity index (χ1) is 22.0. The van der Waals surface area contributed by atoms with Gasteiger partial charge in [0.25, 0.3) is 5.91 Å². The predicted octanol–water partition coefficient (Wildman–Crippen LogP) is 4.12. The smallest absolute Gasteiger partial charge is 0.332 e. The lowest BCUT2D eigenvalue weighted by Gasteiger charge is -2.39. The Bertz CT molecular complexity index is 1390. The lowest BCUT2D eigenvalue weighted by atomic mass is 9.81. The van der Waals surface area contributed by atoms with Crippen molar-refractivity contribution in [1.82, 2.24) is 15.5 Å². The lowest BCUT2D eigenvalue weighted by Crippen LogP contribution is -2.63. The summed E-state index contributed by atoms with van der Waals surface area (Å²) in [6.45, 7) is 10.2. The SMILES string of the molecule is CC(C)(C)[C@H](NC(=O)NC1(C(=O)OCc2ccsc2)CCCCC1)C(=O)N1C[C@H]2[C@@H]([C@H]1C(=O)CC(CC1CC1)C(=O)C(N)=O)C2(C)C.